The number of nitrogens with zero attached hydrogens (tertiary/aromatic N) is 1. The summed E-state index contributed by atoms with van der Waals surface area (Å²) in [6.45, 7) is 4.43. The Labute approximate surface area is 141 Å². The number of carbonyl (C=O) groups is 1. The summed E-state index contributed by atoms with van der Waals surface area (Å²) in [6, 6.07) is 5.17. The highest BCUT2D eigenvalue weighted by Crippen LogP contribution is 2.36. The molecule has 0 spiro atoms. The summed E-state index contributed by atoms with van der Waals surface area (Å²) in [7, 11) is 0. The number of amides is 2. The van der Waals surface area contributed by atoms with Crippen molar-refractivity contribution < 1.29 is 14.4 Å². The molecule has 0 saturated carbocycles. The number of hydrogen-bond donors (Lipinski definition) is 3. The fourth-order valence-corrected chi connectivity index (χ4v) is 3.30. The number of phenolic OH excluding ortho intramolecular Hbond substituents is 1. The van der Waals surface area contributed by atoms with E-state index in [1.807, 2.05) is 26.0 Å². The maximum absolute atomic E-state index is 12.3. The van der Waals surface area contributed by atoms with Crippen LogP contribution in [-0.4, -0.2) is 16.3 Å². The Balaban J connectivity index is 1.62. The lowest BCUT2D eigenvalue weighted by Crippen LogP contribution is -2.37. The zero-order chi connectivity index (χ0) is 17.1. The van der Waals surface area contributed by atoms with Gasteiger partial charge in [-0.05, 0) is 36.5 Å². The third-order valence-electron chi connectivity index (χ3n) is 4.58. The van der Waals surface area contributed by atoms with Crippen LogP contribution in [-0.2, 0) is 25.8 Å². The van der Waals surface area contributed by atoms with Gasteiger partial charge in [-0.2, -0.15) is 0 Å². The molecule has 0 unspecified atom stereocenters. The average Bonchev–Trinajstić information content (AvgIpc) is 3.17. The number of aryl methyl sites for hydroxylation is 2. The van der Waals surface area contributed by atoms with Crippen LogP contribution < -0.4 is 10.6 Å². The fourth-order valence-electron chi connectivity index (χ4n) is 3.30. The van der Waals surface area contributed by atoms with Crippen molar-refractivity contribution in [1.82, 2.24) is 15.8 Å². The van der Waals surface area contributed by atoms with E-state index in [1.54, 1.807) is 6.07 Å². The highest BCUT2D eigenvalue weighted by atomic mass is 16.5. The lowest BCUT2D eigenvalue weighted by atomic mass is 10.1. The van der Waals surface area contributed by atoms with Crippen molar-refractivity contribution in [1.29, 1.82) is 0 Å². The molecule has 6 heteroatoms. The Kier molecular flexibility index (Phi) is 4.74. The molecule has 1 aliphatic rings. The first-order valence-electron chi connectivity index (χ1n) is 8.45. The van der Waals surface area contributed by atoms with Gasteiger partial charge in [0, 0.05) is 18.5 Å². The monoisotopic (exact) mass is 329 g/mol. The van der Waals surface area contributed by atoms with Gasteiger partial charge < -0.3 is 20.3 Å². The number of benzene rings is 1. The predicted molar refractivity (Wildman–Crippen MR) is 89.8 cm³/mol. The number of aromatic hydroxyl groups is 1. The number of urea groups is 1. The quantitative estimate of drug-likeness (QED) is 0.787. The molecule has 1 heterocycles. The molecule has 1 atom stereocenters. The van der Waals surface area contributed by atoms with E-state index < -0.39 is 0 Å². The zero-order valence-corrected chi connectivity index (χ0v) is 14.1. The number of fused-ring (bicyclic) bond motifs is 1. The van der Waals surface area contributed by atoms with Crippen LogP contribution in [0.25, 0.3) is 0 Å². The zero-order valence-electron chi connectivity index (χ0n) is 14.1. The Hall–Kier alpha value is -2.50. The van der Waals surface area contributed by atoms with E-state index in [2.05, 4.69) is 15.8 Å². The normalized spacial score (nSPS) is 16.0. The van der Waals surface area contributed by atoms with E-state index in [0.717, 1.165) is 53.8 Å². The van der Waals surface area contributed by atoms with E-state index in [-0.39, 0.29) is 12.1 Å². The second-order valence-electron chi connectivity index (χ2n) is 6.00. The fraction of sp³-hybridized carbons (Fsp3) is 0.444. The van der Waals surface area contributed by atoms with Crippen molar-refractivity contribution in [2.75, 3.05) is 0 Å². The van der Waals surface area contributed by atoms with E-state index >= 15 is 0 Å². The van der Waals surface area contributed by atoms with Gasteiger partial charge >= 0.3 is 6.03 Å². The van der Waals surface area contributed by atoms with Gasteiger partial charge in [0.2, 0.25) is 0 Å². The van der Waals surface area contributed by atoms with E-state index in [9.17, 15) is 9.90 Å². The van der Waals surface area contributed by atoms with Crippen LogP contribution in [0, 0.1) is 0 Å². The van der Waals surface area contributed by atoms with Gasteiger partial charge in [0.1, 0.15) is 11.5 Å². The molecule has 1 aromatic heterocycles. The molecule has 0 aliphatic heterocycles. The van der Waals surface area contributed by atoms with Crippen LogP contribution in [0.1, 0.15) is 54.5 Å². The predicted octanol–water partition coefficient (Wildman–Crippen LogP) is 2.99. The highest BCUT2D eigenvalue weighted by molar-refractivity contribution is 5.74. The Bertz CT molecular complexity index is 718. The number of rotatable bonds is 5. The van der Waals surface area contributed by atoms with Crippen LogP contribution in [0.4, 0.5) is 4.79 Å². The molecule has 0 bridgehead atoms. The Morgan fingerprint density at radius 2 is 2.21 bits per heavy atom. The maximum Gasteiger partial charge on any atom is 0.315 e. The summed E-state index contributed by atoms with van der Waals surface area (Å²) < 4.78 is 5.31. The van der Waals surface area contributed by atoms with Crippen LogP contribution >= 0.6 is 0 Å². The van der Waals surface area contributed by atoms with Gasteiger partial charge in [0.05, 0.1) is 11.7 Å². The molecule has 6 nitrogen and oxygen atoms in total. The number of aromatic nitrogens is 1. The average molecular weight is 329 g/mol. The van der Waals surface area contributed by atoms with Gasteiger partial charge in [0.25, 0.3) is 0 Å². The first kappa shape index (κ1) is 16.4. The summed E-state index contributed by atoms with van der Waals surface area (Å²) in [6.07, 6.45) is 3.10. The lowest BCUT2D eigenvalue weighted by Gasteiger charge is -2.15. The second-order valence-corrected chi connectivity index (χ2v) is 6.00. The Morgan fingerprint density at radius 1 is 1.38 bits per heavy atom. The van der Waals surface area contributed by atoms with Gasteiger partial charge in [-0.25, -0.2) is 4.79 Å². The number of nitrogens with one attached hydrogen (secondary N) is 2. The van der Waals surface area contributed by atoms with Crippen molar-refractivity contribution in [2.45, 2.75) is 52.1 Å². The highest BCUT2D eigenvalue weighted by Gasteiger charge is 2.26. The van der Waals surface area contributed by atoms with Crippen molar-refractivity contribution in [3.05, 3.63) is 46.3 Å². The molecule has 24 heavy (non-hydrogen) atoms. The number of carbonyl (C=O) groups excluding carboxylic acids is 1. The van der Waals surface area contributed by atoms with Crippen LogP contribution in [0.15, 0.2) is 22.7 Å². The van der Waals surface area contributed by atoms with E-state index in [1.165, 1.54) is 0 Å². The summed E-state index contributed by atoms with van der Waals surface area (Å²) in [5.41, 5.74) is 3.80. The number of phenols is 1. The van der Waals surface area contributed by atoms with Crippen molar-refractivity contribution in [2.24, 2.45) is 0 Å². The standard InChI is InChI=1S/C18H23N3O3/c1-3-14-13(17(4-2)24-21-14)10-19-18(23)20-15-9-8-12-11(15)6-5-7-16(12)22/h5-7,15,22H,3-4,8-10H2,1-2H3,(H2,19,20,23)/t15-/m0/s1. The largest absolute Gasteiger partial charge is 0.508 e. The second kappa shape index (κ2) is 6.95. The first-order chi connectivity index (χ1) is 11.6. The Morgan fingerprint density at radius 3 is 2.96 bits per heavy atom. The molecular weight excluding hydrogens is 306 g/mol. The minimum absolute atomic E-state index is 0.0640. The molecule has 1 aliphatic carbocycles. The van der Waals surface area contributed by atoms with Crippen LogP contribution in [0.2, 0.25) is 0 Å². The molecule has 3 N–H and O–H groups in total. The van der Waals surface area contributed by atoms with Crippen molar-refractivity contribution >= 4 is 6.03 Å². The third-order valence-corrected chi connectivity index (χ3v) is 4.58. The topological polar surface area (TPSA) is 87.4 Å². The molecule has 2 amide bonds. The van der Waals surface area contributed by atoms with Crippen LogP contribution in [0.3, 0.4) is 0 Å². The molecule has 128 valence electrons. The molecule has 2 aromatic rings. The van der Waals surface area contributed by atoms with Gasteiger partial charge in [-0.15, -0.1) is 0 Å². The molecule has 3 rings (SSSR count). The van der Waals surface area contributed by atoms with E-state index in [4.69, 9.17) is 4.52 Å². The maximum atomic E-state index is 12.3. The first-order valence-corrected chi connectivity index (χ1v) is 8.45. The summed E-state index contributed by atoms with van der Waals surface area (Å²) in [5.74, 6) is 1.13. The minimum atomic E-state index is -0.221. The molecular formula is C18H23N3O3. The minimum Gasteiger partial charge on any atom is -0.508 e. The lowest BCUT2D eigenvalue weighted by molar-refractivity contribution is 0.236. The van der Waals surface area contributed by atoms with Crippen molar-refractivity contribution in [3.63, 3.8) is 0 Å². The summed E-state index contributed by atoms with van der Waals surface area (Å²) in [5, 5.41) is 19.8. The summed E-state index contributed by atoms with van der Waals surface area (Å²) >= 11 is 0. The molecule has 0 radical (unpaired) electrons. The summed E-state index contributed by atoms with van der Waals surface area (Å²) in [4.78, 5) is 12.3. The van der Waals surface area contributed by atoms with Gasteiger partial charge in [-0.3, -0.25) is 0 Å². The molecule has 1 aromatic carbocycles. The number of hydrogen-bond acceptors (Lipinski definition) is 4. The van der Waals surface area contributed by atoms with Crippen LogP contribution in [0.5, 0.6) is 5.75 Å². The molecule has 0 saturated heterocycles. The molecule has 0 fully saturated rings. The third kappa shape index (κ3) is 3.09. The van der Waals surface area contributed by atoms with Crippen molar-refractivity contribution in [3.8, 4) is 5.75 Å². The van der Waals surface area contributed by atoms with Gasteiger partial charge in [-0.1, -0.05) is 31.1 Å². The SMILES string of the molecule is CCc1noc(CC)c1CNC(=O)N[C@H]1CCc2c(O)cccc21. The van der Waals surface area contributed by atoms with E-state index in [0.29, 0.717) is 12.3 Å². The smallest absolute Gasteiger partial charge is 0.315 e. The van der Waals surface area contributed by atoms with Gasteiger partial charge in [0.15, 0.2) is 0 Å².